The SMILES string of the molecule is CN=C(N)N1CCS[C@H](C(C)C)C1. The summed E-state index contributed by atoms with van der Waals surface area (Å²) in [6.07, 6.45) is 0. The average molecular weight is 201 g/mol. The Kier molecular flexibility index (Phi) is 3.90. The Morgan fingerprint density at radius 2 is 2.31 bits per heavy atom. The fourth-order valence-electron chi connectivity index (χ4n) is 1.43. The van der Waals surface area contributed by atoms with E-state index in [4.69, 9.17) is 5.73 Å². The van der Waals surface area contributed by atoms with Gasteiger partial charge in [-0.1, -0.05) is 13.8 Å². The fraction of sp³-hybridized carbons (Fsp3) is 0.889. The molecule has 13 heavy (non-hydrogen) atoms. The lowest BCUT2D eigenvalue weighted by atomic mass is 10.1. The van der Waals surface area contributed by atoms with Crippen molar-refractivity contribution in [1.29, 1.82) is 0 Å². The normalized spacial score (nSPS) is 25.4. The van der Waals surface area contributed by atoms with Crippen LogP contribution >= 0.6 is 11.8 Å². The molecule has 0 bridgehead atoms. The number of hydrogen-bond donors (Lipinski definition) is 1. The van der Waals surface area contributed by atoms with Crippen molar-refractivity contribution in [2.45, 2.75) is 19.1 Å². The van der Waals surface area contributed by atoms with E-state index < -0.39 is 0 Å². The number of aliphatic imine (C=N–C) groups is 1. The van der Waals surface area contributed by atoms with Crippen LogP contribution in [0.2, 0.25) is 0 Å². The number of hydrogen-bond acceptors (Lipinski definition) is 2. The van der Waals surface area contributed by atoms with E-state index in [1.165, 1.54) is 5.75 Å². The zero-order valence-corrected chi connectivity index (χ0v) is 9.47. The quantitative estimate of drug-likeness (QED) is 0.508. The van der Waals surface area contributed by atoms with Crippen molar-refractivity contribution < 1.29 is 0 Å². The first-order chi connectivity index (χ1) is 6.15. The van der Waals surface area contributed by atoms with Crippen molar-refractivity contribution in [3.05, 3.63) is 0 Å². The molecular formula is C9H19N3S. The highest BCUT2D eigenvalue weighted by molar-refractivity contribution is 8.00. The van der Waals surface area contributed by atoms with E-state index in [9.17, 15) is 0 Å². The third-order valence-electron chi connectivity index (χ3n) is 2.39. The van der Waals surface area contributed by atoms with Gasteiger partial charge in [0.25, 0.3) is 0 Å². The number of nitrogens with two attached hydrogens (primary N) is 1. The Morgan fingerprint density at radius 3 is 2.85 bits per heavy atom. The minimum atomic E-state index is 0.686. The molecule has 0 unspecified atom stereocenters. The molecule has 1 saturated heterocycles. The van der Waals surface area contributed by atoms with Crippen LogP contribution in [-0.2, 0) is 0 Å². The van der Waals surface area contributed by atoms with Gasteiger partial charge >= 0.3 is 0 Å². The molecule has 76 valence electrons. The smallest absolute Gasteiger partial charge is 0.191 e. The van der Waals surface area contributed by atoms with E-state index >= 15 is 0 Å². The van der Waals surface area contributed by atoms with Crippen molar-refractivity contribution in [3.8, 4) is 0 Å². The van der Waals surface area contributed by atoms with Crippen LogP contribution in [0.1, 0.15) is 13.8 Å². The highest BCUT2D eigenvalue weighted by atomic mass is 32.2. The second-order valence-corrected chi connectivity index (χ2v) is 5.03. The highest BCUT2D eigenvalue weighted by Crippen LogP contribution is 2.24. The summed E-state index contributed by atoms with van der Waals surface area (Å²) in [6, 6.07) is 0. The molecule has 3 nitrogen and oxygen atoms in total. The Balaban J connectivity index is 2.51. The lowest BCUT2D eigenvalue weighted by Gasteiger charge is -2.34. The monoisotopic (exact) mass is 201 g/mol. The van der Waals surface area contributed by atoms with Gasteiger partial charge in [0.15, 0.2) is 5.96 Å². The molecule has 0 amide bonds. The summed E-state index contributed by atoms with van der Waals surface area (Å²) in [5.41, 5.74) is 5.78. The first kappa shape index (κ1) is 10.7. The van der Waals surface area contributed by atoms with Gasteiger partial charge < -0.3 is 10.6 Å². The largest absolute Gasteiger partial charge is 0.370 e. The standard InChI is InChI=1S/C9H19N3S/c1-7(2)8-6-12(4-5-13-8)9(10)11-3/h7-8H,4-6H2,1-3H3,(H2,10,11)/t8-/m0/s1. The molecule has 0 aromatic rings. The molecule has 0 aromatic heterocycles. The Morgan fingerprint density at radius 1 is 1.62 bits per heavy atom. The lowest BCUT2D eigenvalue weighted by molar-refractivity contribution is 0.389. The van der Waals surface area contributed by atoms with Crippen LogP contribution < -0.4 is 5.73 Å². The Hall–Kier alpha value is -0.380. The predicted molar refractivity (Wildman–Crippen MR) is 60.2 cm³/mol. The average Bonchev–Trinajstić information content (AvgIpc) is 2.17. The summed E-state index contributed by atoms with van der Waals surface area (Å²) in [4.78, 5) is 6.20. The van der Waals surface area contributed by atoms with Gasteiger partial charge in [-0.15, -0.1) is 0 Å². The number of guanidine groups is 1. The van der Waals surface area contributed by atoms with E-state index in [2.05, 4.69) is 35.5 Å². The molecule has 0 aliphatic carbocycles. The van der Waals surface area contributed by atoms with Crippen LogP contribution in [0.3, 0.4) is 0 Å². The van der Waals surface area contributed by atoms with Gasteiger partial charge in [0.2, 0.25) is 0 Å². The van der Waals surface area contributed by atoms with Crippen LogP contribution in [0.5, 0.6) is 0 Å². The molecule has 1 atom stereocenters. The summed E-state index contributed by atoms with van der Waals surface area (Å²) in [7, 11) is 1.75. The summed E-state index contributed by atoms with van der Waals surface area (Å²) in [5, 5.41) is 0.703. The van der Waals surface area contributed by atoms with E-state index in [0.29, 0.717) is 11.2 Å². The molecule has 2 N–H and O–H groups in total. The van der Waals surface area contributed by atoms with Crippen LogP contribution in [0.15, 0.2) is 4.99 Å². The second kappa shape index (κ2) is 4.74. The first-order valence-corrected chi connectivity index (χ1v) is 5.78. The van der Waals surface area contributed by atoms with Gasteiger partial charge in [0.1, 0.15) is 0 Å². The highest BCUT2D eigenvalue weighted by Gasteiger charge is 2.23. The van der Waals surface area contributed by atoms with Crippen molar-refractivity contribution in [2.24, 2.45) is 16.6 Å². The van der Waals surface area contributed by atoms with Crippen molar-refractivity contribution in [2.75, 3.05) is 25.9 Å². The van der Waals surface area contributed by atoms with Gasteiger partial charge in [-0.3, -0.25) is 4.99 Å². The van der Waals surface area contributed by atoms with Crippen molar-refractivity contribution >= 4 is 17.7 Å². The van der Waals surface area contributed by atoms with Crippen LogP contribution in [0.25, 0.3) is 0 Å². The molecule has 1 fully saturated rings. The summed E-state index contributed by atoms with van der Waals surface area (Å²) in [6.45, 7) is 6.61. The molecule has 0 saturated carbocycles. The Bertz CT molecular complexity index is 191. The molecule has 4 heteroatoms. The van der Waals surface area contributed by atoms with Gasteiger partial charge in [0.05, 0.1) is 0 Å². The van der Waals surface area contributed by atoms with Crippen molar-refractivity contribution in [1.82, 2.24) is 4.90 Å². The maximum absolute atomic E-state index is 5.78. The zero-order chi connectivity index (χ0) is 9.84. The summed E-state index contributed by atoms with van der Waals surface area (Å²) >= 11 is 2.05. The maximum atomic E-state index is 5.78. The predicted octanol–water partition coefficient (Wildman–Crippen LogP) is 1.00. The van der Waals surface area contributed by atoms with E-state index in [1.54, 1.807) is 7.05 Å². The molecule has 1 aliphatic heterocycles. The first-order valence-electron chi connectivity index (χ1n) is 4.74. The Labute approximate surface area is 84.8 Å². The second-order valence-electron chi connectivity index (χ2n) is 3.68. The van der Waals surface area contributed by atoms with Crippen LogP contribution in [-0.4, -0.2) is 42.0 Å². The molecule has 1 heterocycles. The fourth-order valence-corrected chi connectivity index (χ4v) is 2.73. The third kappa shape index (κ3) is 2.79. The molecule has 0 radical (unpaired) electrons. The molecule has 1 aliphatic rings. The molecule has 0 spiro atoms. The molecular weight excluding hydrogens is 182 g/mol. The third-order valence-corrected chi connectivity index (χ3v) is 3.93. The van der Waals surface area contributed by atoms with E-state index in [1.807, 2.05) is 0 Å². The summed E-state index contributed by atoms with van der Waals surface area (Å²) in [5.74, 6) is 2.57. The van der Waals surface area contributed by atoms with E-state index in [0.717, 1.165) is 19.0 Å². The van der Waals surface area contributed by atoms with Crippen molar-refractivity contribution in [3.63, 3.8) is 0 Å². The van der Waals surface area contributed by atoms with Gasteiger partial charge in [-0.2, -0.15) is 11.8 Å². The van der Waals surface area contributed by atoms with Gasteiger partial charge in [0, 0.05) is 31.1 Å². The molecule has 0 aromatic carbocycles. The van der Waals surface area contributed by atoms with Gasteiger partial charge in [-0.25, -0.2) is 0 Å². The maximum Gasteiger partial charge on any atom is 0.191 e. The minimum Gasteiger partial charge on any atom is -0.370 e. The topological polar surface area (TPSA) is 41.6 Å². The lowest BCUT2D eigenvalue weighted by Crippen LogP contribution is -2.46. The number of thioether (sulfide) groups is 1. The minimum absolute atomic E-state index is 0.686. The van der Waals surface area contributed by atoms with Gasteiger partial charge in [-0.05, 0) is 5.92 Å². The number of nitrogens with zero attached hydrogens (tertiary/aromatic N) is 2. The number of rotatable bonds is 1. The van der Waals surface area contributed by atoms with E-state index in [-0.39, 0.29) is 0 Å². The zero-order valence-electron chi connectivity index (χ0n) is 8.66. The van der Waals surface area contributed by atoms with Crippen LogP contribution in [0, 0.1) is 5.92 Å². The van der Waals surface area contributed by atoms with Crippen LogP contribution in [0.4, 0.5) is 0 Å². The molecule has 1 rings (SSSR count). The summed E-state index contributed by atoms with van der Waals surface area (Å²) < 4.78 is 0.